The molecule has 2 aromatic carbocycles. The Hall–Kier alpha value is -0.810. The fraction of sp³-hybridized carbons (Fsp3) is 0.294. The van der Waals surface area contributed by atoms with E-state index in [2.05, 4.69) is 70.7 Å². The standard InChI is InChI=1S/C17H21BrN2S/c1-2-6-13-7-5-8-14(11-13)16(20-19)12-21-17-10-4-3-9-15(17)18/h3-5,7-11,16,20H,2,6,12,19H2,1H3. The number of benzene rings is 2. The highest BCUT2D eigenvalue weighted by atomic mass is 79.9. The minimum absolute atomic E-state index is 0.152. The van der Waals surface area contributed by atoms with E-state index in [4.69, 9.17) is 5.84 Å². The van der Waals surface area contributed by atoms with Crippen molar-refractivity contribution in [1.82, 2.24) is 5.43 Å². The van der Waals surface area contributed by atoms with Crippen LogP contribution in [0.2, 0.25) is 0 Å². The van der Waals surface area contributed by atoms with Crippen molar-refractivity contribution in [3.05, 3.63) is 64.1 Å². The lowest BCUT2D eigenvalue weighted by atomic mass is 10.0. The second-order valence-corrected chi connectivity index (χ2v) is 6.87. The minimum Gasteiger partial charge on any atom is -0.271 e. The maximum atomic E-state index is 5.76. The zero-order valence-corrected chi connectivity index (χ0v) is 14.6. The molecule has 0 aliphatic carbocycles. The Kier molecular flexibility index (Phi) is 6.77. The quantitative estimate of drug-likeness (QED) is 0.424. The van der Waals surface area contributed by atoms with Gasteiger partial charge >= 0.3 is 0 Å². The largest absolute Gasteiger partial charge is 0.271 e. The molecule has 0 fully saturated rings. The summed E-state index contributed by atoms with van der Waals surface area (Å²) in [5.74, 6) is 6.65. The van der Waals surface area contributed by atoms with E-state index < -0.39 is 0 Å². The molecule has 2 aromatic rings. The number of hydrazine groups is 1. The molecule has 21 heavy (non-hydrogen) atoms. The highest BCUT2D eigenvalue weighted by Crippen LogP contribution is 2.30. The van der Waals surface area contributed by atoms with E-state index in [0.717, 1.165) is 23.1 Å². The van der Waals surface area contributed by atoms with Gasteiger partial charge in [0.05, 0.1) is 6.04 Å². The smallest absolute Gasteiger partial charge is 0.0554 e. The van der Waals surface area contributed by atoms with Gasteiger partial charge in [-0.15, -0.1) is 11.8 Å². The second-order valence-electron chi connectivity index (χ2n) is 4.96. The van der Waals surface area contributed by atoms with Crippen LogP contribution in [0.3, 0.4) is 0 Å². The molecule has 0 amide bonds. The average Bonchev–Trinajstić information content (AvgIpc) is 2.50. The average molecular weight is 365 g/mol. The normalized spacial score (nSPS) is 12.3. The molecule has 4 heteroatoms. The van der Waals surface area contributed by atoms with E-state index >= 15 is 0 Å². The number of rotatable bonds is 7. The molecule has 1 atom stereocenters. The van der Waals surface area contributed by atoms with Crippen LogP contribution in [0, 0.1) is 0 Å². The monoisotopic (exact) mass is 364 g/mol. The zero-order valence-electron chi connectivity index (χ0n) is 12.2. The predicted octanol–water partition coefficient (Wildman–Crippen LogP) is 4.70. The minimum atomic E-state index is 0.152. The van der Waals surface area contributed by atoms with Crippen LogP contribution in [0.25, 0.3) is 0 Å². The van der Waals surface area contributed by atoms with Crippen LogP contribution in [0.5, 0.6) is 0 Å². The molecule has 0 saturated carbocycles. The summed E-state index contributed by atoms with van der Waals surface area (Å²) in [6.07, 6.45) is 2.28. The van der Waals surface area contributed by atoms with Crippen molar-refractivity contribution in [1.29, 1.82) is 0 Å². The Morgan fingerprint density at radius 3 is 2.71 bits per heavy atom. The molecule has 1 unspecified atom stereocenters. The molecule has 0 heterocycles. The van der Waals surface area contributed by atoms with Gasteiger partial charge in [0.1, 0.15) is 0 Å². The lowest BCUT2D eigenvalue weighted by Gasteiger charge is -2.17. The molecule has 0 aliphatic heterocycles. The van der Waals surface area contributed by atoms with Crippen molar-refractivity contribution >= 4 is 27.7 Å². The number of hydrogen-bond acceptors (Lipinski definition) is 3. The van der Waals surface area contributed by atoms with Gasteiger partial charge in [-0.1, -0.05) is 49.7 Å². The maximum absolute atomic E-state index is 5.76. The van der Waals surface area contributed by atoms with Crippen LogP contribution in [-0.2, 0) is 6.42 Å². The maximum Gasteiger partial charge on any atom is 0.0554 e. The molecule has 2 rings (SSSR count). The lowest BCUT2D eigenvalue weighted by Crippen LogP contribution is -2.29. The van der Waals surface area contributed by atoms with Gasteiger partial charge in [0, 0.05) is 15.1 Å². The first-order valence-electron chi connectivity index (χ1n) is 7.17. The summed E-state index contributed by atoms with van der Waals surface area (Å²) < 4.78 is 1.13. The third-order valence-electron chi connectivity index (χ3n) is 3.34. The first kappa shape index (κ1) is 16.6. The Morgan fingerprint density at radius 2 is 2.00 bits per heavy atom. The molecule has 0 aliphatic rings. The Labute approximate surface area is 139 Å². The van der Waals surface area contributed by atoms with E-state index in [0.29, 0.717) is 0 Å². The van der Waals surface area contributed by atoms with Crippen molar-refractivity contribution in [2.75, 3.05) is 5.75 Å². The zero-order chi connectivity index (χ0) is 15.1. The Bertz CT molecular complexity index is 574. The summed E-state index contributed by atoms with van der Waals surface area (Å²) in [5.41, 5.74) is 5.57. The topological polar surface area (TPSA) is 38.0 Å². The number of nitrogens with one attached hydrogen (secondary N) is 1. The molecular weight excluding hydrogens is 344 g/mol. The Morgan fingerprint density at radius 1 is 1.19 bits per heavy atom. The summed E-state index contributed by atoms with van der Waals surface area (Å²) in [6.45, 7) is 2.20. The molecular formula is C17H21BrN2S. The molecule has 0 saturated heterocycles. The van der Waals surface area contributed by atoms with Crippen molar-refractivity contribution in [3.63, 3.8) is 0 Å². The molecule has 0 bridgehead atoms. The van der Waals surface area contributed by atoms with Gasteiger partial charge in [0.15, 0.2) is 0 Å². The van der Waals surface area contributed by atoms with Gasteiger partial charge < -0.3 is 0 Å². The lowest BCUT2D eigenvalue weighted by molar-refractivity contribution is 0.610. The van der Waals surface area contributed by atoms with Crippen LogP contribution in [-0.4, -0.2) is 5.75 Å². The number of hydrogen-bond donors (Lipinski definition) is 2. The van der Waals surface area contributed by atoms with E-state index in [1.54, 1.807) is 11.8 Å². The van der Waals surface area contributed by atoms with Gasteiger partial charge in [-0.25, -0.2) is 0 Å². The molecule has 3 N–H and O–H groups in total. The molecule has 2 nitrogen and oxygen atoms in total. The highest BCUT2D eigenvalue weighted by Gasteiger charge is 2.11. The van der Waals surface area contributed by atoms with Gasteiger partial charge in [-0.05, 0) is 45.6 Å². The summed E-state index contributed by atoms with van der Waals surface area (Å²) >= 11 is 5.39. The number of nitrogens with two attached hydrogens (primary N) is 1. The third-order valence-corrected chi connectivity index (χ3v) is 5.46. The number of aryl methyl sites for hydroxylation is 1. The van der Waals surface area contributed by atoms with Gasteiger partial charge in [-0.2, -0.15) is 0 Å². The van der Waals surface area contributed by atoms with Crippen molar-refractivity contribution in [2.24, 2.45) is 5.84 Å². The fourth-order valence-electron chi connectivity index (χ4n) is 2.23. The van der Waals surface area contributed by atoms with Crippen LogP contribution < -0.4 is 11.3 Å². The van der Waals surface area contributed by atoms with Crippen LogP contribution >= 0.6 is 27.7 Å². The van der Waals surface area contributed by atoms with E-state index in [9.17, 15) is 0 Å². The summed E-state index contributed by atoms with van der Waals surface area (Å²) in [4.78, 5) is 1.24. The van der Waals surface area contributed by atoms with E-state index in [1.165, 1.54) is 16.0 Å². The SMILES string of the molecule is CCCc1cccc(C(CSc2ccccc2Br)NN)c1. The first-order valence-corrected chi connectivity index (χ1v) is 8.94. The molecule has 0 radical (unpaired) electrons. The van der Waals surface area contributed by atoms with Crippen LogP contribution in [0.15, 0.2) is 57.9 Å². The summed E-state index contributed by atoms with van der Waals surface area (Å²) in [7, 11) is 0. The molecule has 0 aromatic heterocycles. The van der Waals surface area contributed by atoms with E-state index in [1.807, 2.05) is 6.07 Å². The van der Waals surface area contributed by atoms with Gasteiger partial charge in [-0.3, -0.25) is 11.3 Å². The number of thioether (sulfide) groups is 1. The van der Waals surface area contributed by atoms with Crippen LogP contribution in [0.1, 0.15) is 30.5 Å². The number of halogens is 1. The van der Waals surface area contributed by atoms with E-state index in [-0.39, 0.29) is 6.04 Å². The first-order chi connectivity index (χ1) is 10.2. The summed E-state index contributed by atoms with van der Waals surface area (Å²) in [5, 5.41) is 0. The Balaban J connectivity index is 2.06. The van der Waals surface area contributed by atoms with Crippen molar-refractivity contribution in [3.8, 4) is 0 Å². The van der Waals surface area contributed by atoms with Crippen molar-refractivity contribution < 1.29 is 0 Å². The van der Waals surface area contributed by atoms with Crippen LogP contribution in [0.4, 0.5) is 0 Å². The second kappa shape index (κ2) is 8.59. The highest BCUT2D eigenvalue weighted by molar-refractivity contribution is 9.10. The van der Waals surface area contributed by atoms with Crippen molar-refractivity contribution in [2.45, 2.75) is 30.7 Å². The molecule has 0 spiro atoms. The van der Waals surface area contributed by atoms with Gasteiger partial charge in [0.25, 0.3) is 0 Å². The third kappa shape index (κ3) is 4.85. The molecule has 112 valence electrons. The summed E-state index contributed by atoms with van der Waals surface area (Å²) in [6, 6.07) is 17.1. The fourth-order valence-corrected chi connectivity index (χ4v) is 3.87. The predicted molar refractivity (Wildman–Crippen MR) is 95.4 cm³/mol. The van der Waals surface area contributed by atoms with Gasteiger partial charge in [0.2, 0.25) is 0 Å².